The molecule has 24 heavy (non-hydrogen) atoms. The summed E-state index contributed by atoms with van der Waals surface area (Å²) in [6.07, 6.45) is 5.33. The van der Waals surface area contributed by atoms with E-state index in [1.807, 2.05) is 43.3 Å². The summed E-state index contributed by atoms with van der Waals surface area (Å²) in [7, 11) is 3.97. The number of carbonyl (C=O) groups excluding carboxylic acids is 2. The highest BCUT2D eigenvalue weighted by atomic mass is 32.2. The third kappa shape index (κ3) is 3.82. The molecular weight excluding hydrogens is 322 g/mol. The summed E-state index contributed by atoms with van der Waals surface area (Å²) < 4.78 is 0. The van der Waals surface area contributed by atoms with E-state index in [4.69, 9.17) is 0 Å². The maximum absolute atomic E-state index is 12.6. The van der Waals surface area contributed by atoms with Crippen LogP contribution < -0.4 is 4.90 Å². The Balaban J connectivity index is 1.70. The summed E-state index contributed by atoms with van der Waals surface area (Å²) in [5, 5.41) is -0.165. The van der Waals surface area contributed by atoms with Gasteiger partial charge in [-0.1, -0.05) is 18.6 Å². The molecular formula is C18H23N3O2S. The summed E-state index contributed by atoms with van der Waals surface area (Å²) in [6, 6.07) is 7.94. The molecule has 0 aliphatic carbocycles. The van der Waals surface area contributed by atoms with Gasteiger partial charge in [-0.15, -0.1) is 0 Å². The number of imide groups is 1. The number of hydrogen-bond acceptors (Lipinski definition) is 5. The molecule has 5 nitrogen and oxygen atoms in total. The third-order valence-corrected chi connectivity index (χ3v) is 5.28. The Labute approximate surface area is 147 Å². The van der Waals surface area contributed by atoms with Crippen LogP contribution in [0.4, 0.5) is 10.5 Å². The number of nitrogens with zero attached hydrogens (tertiary/aromatic N) is 3. The SMILES string of the molecule is CN(C)c1ccc(C=C2SC(=O)N(CN3CCCCC3)C2=O)cc1. The predicted molar refractivity (Wildman–Crippen MR) is 98.9 cm³/mol. The van der Waals surface area contributed by atoms with Gasteiger partial charge in [0.2, 0.25) is 0 Å². The van der Waals surface area contributed by atoms with E-state index in [9.17, 15) is 9.59 Å². The van der Waals surface area contributed by atoms with Gasteiger partial charge in [0.1, 0.15) is 0 Å². The van der Waals surface area contributed by atoms with Crippen LogP contribution in [0, 0.1) is 0 Å². The number of likely N-dealkylation sites (tertiary alicyclic amines) is 1. The molecule has 2 saturated heterocycles. The molecule has 2 fully saturated rings. The summed E-state index contributed by atoms with van der Waals surface area (Å²) in [5.41, 5.74) is 2.04. The number of thioether (sulfide) groups is 1. The zero-order valence-corrected chi connectivity index (χ0v) is 15.0. The van der Waals surface area contributed by atoms with E-state index in [2.05, 4.69) is 4.90 Å². The van der Waals surface area contributed by atoms with Crippen LogP contribution in [0.25, 0.3) is 6.08 Å². The van der Waals surface area contributed by atoms with Crippen molar-refractivity contribution in [1.29, 1.82) is 0 Å². The van der Waals surface area contributed by atoms with Gasteiger partial charge in [-0.05, 0) is 61.5 Å². The number of anilines is 1. The van der Waals surface area contributed by atoms with Crippen LogP contribution in [0.2, 0.25) is 0 Å². The van der Waals surface area contributed by atoms with Crippen molar-refractivity contribution >= 4 is 34.7 Å². The van der Waals surface area contributed by atoms with Crippen LogP contribution in [0.5, 0.6) is 0 Å². The van der Waals surface area contributed by atoms with Gasteiger partial charge in [-0.25, -0.2) is 0 Å². The minimum Gasteiger partial charge on any atom is -0.378 e. The van der Waals surface area contributed by atoms with Crippen molar-refractivity contribution in [2.75, 3.05) is 38.8 Å². The van der Waals surface area contributed by atoms with Crippen LogP contribution >= 0.6 is 11.8 Å². The fourth-order valence-corrected chi connectivity index (χ4v) is 3.77. The molecule has 0 spiro atoms. The second kappa shape index (κ2) is 7.40. The first-order valence-corrected chi connectivity index (χ1v) is 9.11. The molecule has 0 unspecified atom stereocenters. The average Bonchev–Trinajstić information content (AvgIpc) is 2.84. The zero-order valence-electron chi connectivity index (χ0n) is 14.2. The Morgan fingerprint density at radius 3 is 2.38 bits per heavy atom. The number of rotatable bonds is 4. The van der Waals surface area contributed by atoms with Crippen molar-refractivity contribution in [2.24, 2.45) is 0 Å². The van der Waals surface area contributed by atoms with E-state index in [1.165, 1.54) is 11.3 Å². The quantitative estimate of drug-likeness (QED) is 0.784. The van der Waals surface area contributed by atoms with Crippen LogP contribution in [-0.4, -0.2) is 54.8 Å². The molecule has 1 aromatic carbocycles. The van der Waals surface area contributed by atoms with E-state index in [-0.39, 0.29) is 11.1 Å². The summed E-state index contributed by atoms with van der Waals surface area (Å²) in [4.78, 5) is 30.8. The van der Waals surface area contributed by atoms with Crippen molar-refractivity contribution in [3.63, 3.8) is 0 Å². The van der Waals surface area contributed by atoms with Crippen molar-refractivity contribution in [1.82, 2.24) is 9.80 Å². The maximum atomic E-state index is 12.6. The van der Waals surface area contributed by atoms with Gasteiger partial charge in [-0.2, -0.15) is 0 Å². The minimum atomic E-state index is -0.174. The van der Waals surface area contributed by atoms with Gasteiger partial charge in [0.15, 0.2) is 0 Å². The summed E-state index contributed by atoms with van der Waals surface area (Å²) in [5.74, 6) is -0.174. The fourth-order valence-electron chi connectivity index (χ4n) is 2.94. The van der Waals surface area contributed by atoms with Crippen molar-refractivity contribution in [3.8, 4) is 0 Å². The Morgan fingerprint density at radius 1 is 1.08 bits per heavy atom. The van der Waals surface area contributed by atoms with Gasteiger partial charge in [0, 0.05) is 19.8 Å². The summed E-state index contributed by atoms with van der Waals surface area (Å²) >= 11 is 1.04. The number of hydrogen-bond donors (Lipinski definition) is 0. The lowest BCUT2D eigenvalue weighted by Crippen LogP contribution is -2.42. The van der Waals surface area contributed by atoms with Crippen LogP contribution in [0.15, 0.2) is 29.2 Å². The van der Waals surface area contributed by atoms with Crippen molar-refractivity contribution in [3.05, 3.63) is 34.7 Å². The highest BCUT2D eigenvalue weighted by molar-refractivity contribution is 8.18. The Hall–Kier alpha value is -1.79. The van der Waals surface area contributed by atoms with Gasteiger partial charge >= 0.3 is 0 Å². The van der Waals surface area contributed by atoms with Crippen LogP contribution in [0.1, 0.15) is 24.8 Å². The second-order valence-electron chi connectivity index (χ2n) is 6.42. The predicted octanol–water partition coefficient (Wildman–Crippen LogP) is 3.23. The minimum absolute atomic E-state index is 0.165. The third-order valence-electron chi connectivity index (χ3n) is 4.37. The van der Waals surface area contributed by atoms with E-state index < -0.39 is 0 Å². The normalized spacial score (nSPS) is 20.9. The largest absolute Gasteiger partial charge is 0.378 e. The summed E-state index contributed by atoms with van der Waals surface area (Å²) in [6.45, 7) is 2.35. The van der Waals surface area contributed by atoms with Gasteiger partial charge in [-0.3, -0.25) is 19.4 Å². The van der Waals surface area contributed by atoms with Crippen molar-refractivity contribution in [2.45, 2.75) is 19.3 Å². The molecule has 0 aromatic heterocycles. The van der Waals surface area contributed by atoms with Crippen molar-refractivity contribution < 1.29 is 9.59 Å². The van der Waals surface area contributed by atoms with Gasteiger partial charge in [0.25, 0.3) is 11.1 Å². The number of piperidine rings is 1. The first-order valence-electron chi connectivity index (χ1n) is 8.30. The second-order valence-corrected chi connectivity index (χ2v) is 7.41. The maximum Gasteiger partial charge on any atom is 0.294 e. The lowest BCUT2D eigenvalue weighted by Gasteiger charge is -2.29. The standard InChI is InChI=1S/C18H23N3O2S/c1-19(2)15-8-6-14(7-9-15)12-16-17(22)21(18(23)24-16)13-20-10-4-3-5-11-20/h6-9,12H,3-5,10-11,13H2,1-2H3. The molecule has 6 heteroatoms. The molecule has 1 aromatic rings. The molecule has 3 rings (SSSR count). The lowest BCUT2D eigenvalue weighted by molar-refractivity contribution is -0.124. The smallest absolute Gasteiger partial charge is 0.294 e. The number of benzene rings is 1. The van der Waals surface area contributed by atoms with E-state index >= 15 is 0 Å². The van der Waals surface area contributed by atoms with E-state index in [0.29, 0.717) is 11.6 Å². The molecule has 128 valence electrons. The Morgan fingerprint density at radius 2 is 1.75 bits per heavy atom. The molecule has 2 amide bonds. The van der Waals surface area contributed by atoms with E-state index in [1.54, 1.807) is 6.08 Å². The van der Waals surface area contributed by atoms with Gasteiger partial charge < -0.3 is 4.90 Å². The van der Waals surface area contributed by atoms with Crippen LogP contribution in [0.3, 0.4) is 0 Å². The molecule has 0 radical (unpaired) electrons. The van der Waals surface area contributed by atoms with Gasteiger partial charge in [0.05, 0.1) is 11.6 Å². The highest BCUT2D eigenvalue weighted by Gasteiger charge is 2.36. The van der Waals surface area contributed by atoms with Crippen LogP contribution in [-0.2, 0) is 4.79 Å². The van der Waals surface area contributed by atoms with E-state index in [0.717, 1.165) is 48.9 Å². The molecule has 0 saturated carbocycles. The molecule has 2 aliphatic rings. The monoisotopic (exact) mass is 345 g/mol. The highest BCUT2D eigenvalue weighted by Crippen LogP contribution is 2.32. The zero-order chi connectivity index (χ0) is 17.1. The molecule has 2 heterocycles. The first kappa shape index (κ1) is 17.0. The Bertz CT molecular complexity index is 649. The molecule has 0 atom stereocenters. The number of amides is 2. The lowest BCUT2D eigenvalue weighted by atomic mass is 10.1. The molecule has 0 bridgehead atoms. The molecule has 0 N–H and O–H groups in total. The fraction of sp³-hybridized carbons (Fsp3) is 0.444. The number of carbonyl (C=O) groups is 2. The Kier molecular flexibility index (Phi) is 5.26. The topological polar surface area (TPSA) is 43.9 Å². The first-order chi connectivity index (χ1) is 11.5. The average molecular weight is 345 g/mol. The molecule has 2 aliphatic heterocycles.